The Morgan fingerprint density at radius 2 is 1.54 bits per heavy atom. The van der Waals surface area contributed by atoms with Gasteiger partial charge in [-0.05, 0) is 43.6 Å². The van der Waals surface area contributed by atoms with Gasteiger partial charge in [-0.15, -0.1) is 0 Å². The summed E-state index contributed by atoms with van der Waals surface area (Å²) >= 11 is 0. The van der Waals surface area contributed by atoms with Crippen LogP contribution in [0.2, 0.25) is 0 Å². The van der Waals surface area contributed by atoms with Crippen LogP contribution in [0.5, 0.6) is 0 Å². The normalized spacial score (nSPS) is 18.9. The largest absolute Gasteiger partial charge is 0.467 e. The van der Waals surface area contributed by atoms with Crippen LogP contribution >= 0.6 is 0 Å². The van der Waals surface area contributed by atoms with Crippen molar-refractivity contribution in [2.75, 3.05) is 13.7 Å². The molecule has 0 saturated heterocycles. The minimum absolute atomic E-state index is 0. The first-order chi connectivity index (χ1) is 13.1. The molecule has 1 atom stereocenters. The number of nitrogens with one attached hydrogen (secondary N) is 2. The van der Waals surface area contributed by atoms with Crippen LogP contribution in [0.3, 0.4) is 0 Å². The van der Waals surface area contributed by atoms with E-state index in [-0.39, 0.29) is 34.6 Å². The number of hydrogen-bond acceptors (Lipinski definition) is 6. The van der Waals surface area contributed by atoms with Gasteiger partial charge >= 0.3 is 5.97 Å². The summed E-state index contributed by atoms with van der Waals surface area (Å²) in [6.07, 6.45) is 18.9. The van der Waals surface area contributed by atoms with Crippen LogP contribution in [0.15, 0.2) is 72.2 Å². The molecule has 0 heterocycles. The topological polar surface area (TPSA) is 84.5 Å². The quantitative estimate of drug-likeness (QED) is 0.251. The summed E-state index contributed by atoms with van der Waals surface area (Å²) in [5.41, 5.74) is 1.12. The third-order valence-corrected chi connectivity index (χ3v) is 4.09. The fraction of sp³-hybridized carbons (Fsp3) is 0.286. The number of allylic oxidation sites excluding steroid dienone is 10. The van der Waals surface area contributed by atoms with E-state index < -0.39 is 6.04 Å². The Balaban J connectivity index is 0.00000392. The molecule has 153 valence electrons. The molecule has 2 aliphatic rings. The Bertz CT molecular complexity index is 760. The number of carbonyl (C=O) groups is 3. The molecule has 0 bridgehead atoms. The molecule has 0 spiro atoms. The monoisotopic (exact) mass is 431 g/mol. The molecule has 28 heavy (non-hydrogen) atoms. The number of carbonyl (C=O) groups excluding carboxylic acids is 3. The fourth-order valence-corrected chi connectivity index (χ4v) is 2.56. The van der Waals surface area contributed by atoms with E-state index >= 15 is 0 Å². The number of esters is 1. The minimum Gasteiger partial charge on any atom is -0.467 e. The zero-order valence-corrected chi connectivity index (χ0v) is 16.6. The first-order valence-corrected chi connectivity index (χ1v) is 8.87. The molecule has 0 aromatic heterocycles. The first-order valence-electron chi connectivity index (χ1n) is 8.87. The van der Waals surface area contributed by atoms with Gasteiger partial charge in [-0.3, -0.25) is 9.59 Å². The molecule has 1 radical (unpaired) electrons. The van der Waals surface area contributed by atoms with E-state index in [2.05, 4.69) is 10.6 Å². The molecule has 6 nitrogen and oxygen atoms in total. The molecule has 0 amide bonds. The van der Waals surface area contributed by atoms with Gasteiger partial charge in [0.05, 0.1) is 7.11 Å². The van der Waals surface area contributed by atoms with Crippen LogP contribution in [0, 0.1) is 0 Å². The summed E-state index contributed by atoms with van der Waals surface area (Å²) in [6.45, 7) is 0.690. The van der Waals surface area contributed by atoms with Crippen molar-refractivity contribution in [1.82, 2.24) is 10.6 Å². The van der Waals surface area contributed by atoms with E-state index in [9.17, 15) is 14.4 Å². The van der Waals surface area contributed by atoms with Crippen molar-refractivity contribution in [2.24, 2.45) is 0 Å². The van der Waals surface area contributed by atoms with Gasteiger partial charge in [0.15, 0.2) is 11.6 Å². The molecule has 2 aliphatic carbocycles. The van der Waals surface area contributed by atoms with Crippen molar-refractivity contribution >= 4 is 17.5 Å². The maximum absolute atomic E-state index is 11.9. The maximum Gasteiger partial charge on any atom is 0.328 e. The maximum atomic E-state index is 11.9. The molecular weight excluding hydrogens is 408 g/mol. The second-order valence-corrected chi connectivity index (χ2v) is 6.06. The molecule has 0 fully saturated rings. The van der Waals surface area contributed by atoms with E-state index in [0.717, 1.165) is 12.8 Å². The van der Waals surface area contributed by atoms with Crippen molar-refractivity contribution < 1.29 is 36.2 Å². The van der Waals surface area contributed by atoms with Crippen molar-refractivity contribution in [3.05, 3.63) is 72.2 Å². The molecule has 2 N–H and O–H groups in total. The Morgan fingerprint density at radius 3 is 2.11 bits per heavy atom. The van der Waals surface area contributed by atoms with Crippen molar-refractivity contribution in [3.8, 4) is 0 Å². The average molecular weight is 432 g/mol. The summed E-state index contributed by atoms with van der Waals surface area (Å²) in [6, 6.07) is -0.513. The first kappa shape index (κ1) is 23.4. The third kappa shape index (κ3) is 7.54. The Morgan fingerprint density at radius 1 is 0.964 bits per heavy atom. The molecule has 2 rings (SSSR count). The zero-order valence-electron chi connectivity index (χ0n) is 15.6. The number of unbranched alkanes of at least 4 members (excludes halogenated alkanes) is 1. The van der Waals surface area contributed by atoms with Crippen LogP contribution in [0.1, 0.15) is 19.3 Å². The predicted octanol–water partition coefficient (Wildman–Crippen LogP) is 2.03. The van der Waals surface area contributed by atoms with Crippen molar-refractivity contribution in [2.45, 2.75) is 25.3 Å². The standard InChI is InChI=1S/C21H24N2O4.Cu/c1-27-21(26)18(23-15-17-9-3-5-12-20(17)25)10-6-7-13-22-14-16-8-2-4-11-19(16)24;/h2-5,8-9,11-12,14-15,18,22-23H,6-7,10,13H2,1H3;. The molecule has 1 unspecified atom stereocenters. The summed E-state index contributed by atoms with van der Waals surface area (Å²) < 4.78 is 4.82. The van der Waals surface area contributed by atoms with Crippen LogP contribution < -0.4 is 10.6 Å². The molecular formula is C21H24CuN2O4. The summed E-state index contributed by atoms with van der Waals surface area (Å²) in [5.74, 6) is -0.490. The van der Waals surface area contributed by atoms with Gasteiger partial charge in [0.25, 0.3) is 0 Å². The summed E-state index contributed by atoms with van der Waals surface area (Å²) in [5, 5.41) is 6.10. The average Bonchev–Trinajstić information content (AvgIpc) is 2.68. The van der Waals surface area contributed by atoms with Gasteiger partial charge in [0, 0.05) is 47.2 Å². The van der Waals surface area contributed by atoms with E-state index in [4.69, 9.17) is 4.74 Å². The van der Waals surface area contributed by atoms with Gasteiger partial charge in [-0.25, -0.2) is 4.79 Å². The van der Waals surface area contributed by atoms with Crippen molar-refractivity contribution in [1.29, 1.82) is 0 Å². The van der Waals surface area contributed by atoms with E-state index in [1.54, 1.807) is 42.8 Å². The molecule has 0 aromatic carbocycles. The minimum atomic E-state index is -0.513. The second-order valence-electron chi connectivity index (χ2n) is 6.06. The van der Waals surface area contributed by atoms with Crippen LogP contribution in [-0.4, -0.2) is 37.2 Å². The van der Waals surface area contributed by atoms with Gasteiger partial charge < -0.3 is 15.4 Å². The van der Waals surface area contributed by atoms with Crippen LogP contribution in [0.25, 0.3) is 0 Å². The Hall–Kier alpha value is -2.63. The van der Waals surface area contributed by atoms with Crippen LogP contribution in [-0.2, 0) is 36.2 Å². The summed E-state index contributed by atoms with van der Waals surface area (Å²) in [4.78, 5) is 35.2. The van der Waals surface area contributed by atoms with Crippen LogP contribution in [0.4, 0.5) is 0 Å². The smallest absolute Gasteiger partial charge is 0.328 e. The molecule has 0 aliphatic heterocycles. The number of methoxy groups -OCH3 is 1. The number of ketones is 2. The van der Waals surface area contributed by atoms with Crippen molar-refractivity contribution in [3.63, 3.8) is 0 Å². The number of ether oxygens (including phenoxy) is 1. The Labute approximate surface area is 175 Å². The molecule has 7 heteroatoms. The second kappa shape index (κ2) is 12.7. The van der Waals surface area contributed by atoms with Gasteiger partial charge in [-0.2, -0.15) is 0 Å². The SMILES string of the molecule is COC(=O)C(CCCCNC=C1C=CC=CC1=O)NC=C1C=CC=CC1=O.[Cu]. The predicted molar refractivity (Wildman–Crippen MR) is 104 cm³/mol. The van der Waals surface area contributed by atoms with E-state index in [1.807, 2.05) is 6.08 Å². The summed E-state index contributed by atoms with van der Waals surface area (Å²) in [7, 11) is 1.34. The van der Waals surface area contributed by atoms with E-state index in [0.29, 0.717) is 24.1 Å². The third-order valence-electron chi connectivity index (χ3n) is 4.09. The molecule has 0 saturated carbocycles. The Kier molecular flexibility index (Phi) is 10.6. The van der Waals surface area contributed by atoms with E-state index in [1.165, 1.54) is 19.3 Å². The zero-order chi connectivity index (χ0) is 19.5. The number of rotatable bonds is 9. The van der Waals surface area contributed by atoms with Gasteiger partial charge in [-0.1, -0.05) is 24.3 Å². The fourth-order valence-electron chi connectivity index (χ4n) is 2.56. The van der Waals surface area contributed by atoms with Gasteiger partial charge in [0.1, 0.15) is 6.04 Å². The number of hydrogen-bond donors (Lipinski definition) is 2. The molecule has 0 aromatic rings. The van der Waals surface area contributed by atoms with Gasteiger partial charge in [0.2, 0.25) is 0 Å².